The lowest BCUT2D eigenvalue weighted by atomic mass is 10.1. The highest BCUT2D eigenvalue weighted by Crippen LogP contribution is 2.36. The van der Waals surface area contributed by atoms with E-state index in [-0.39, 0.29) is 11.8 Å². The molecule has 2 aromatic carbocycles. The van der Waals surface area contributed by atoms with E-state index in [1.54, 1.807) is 63.0 Å². The molecule has 0 unspecified atom stereocenters. The van der Waals surface area contributed by atoms with E-state index >= 15 is 0 Å². The van der Waals surface area contributed by atoms with Crippen molar-refractivity contribution in [1.82, 2.24) is 19.7 Å². The third-order valence-electron chi connectivity index (χ3n) is 5.23. The van der Waals surface area contributed by atoms with Crippen molar-refractivity contribution in [2.45, 2.75) is 39.5 Å². The van der Waals surface area contributed by atoms with Crippen molar-refractivity contribution < 1.29 is 27.4 Å². The van der Waals surface area contributed by atoms with Crippen LogP contribution in [0.4, 0.5) is 35.3 Å². The summed E-state index contributed by atoms with van der Waals surface area (Å²) in [6.07, 6.45) is -1.88. The van der Waals surface area contributed by atoms with E-state index in [1.807, 2.05) is 6.92 Å². The summed E-state index contributed by atoms with van der Waals surface area (Å²) in [5, 5.41) is 10.00. The Bertz CT molecular complexity index is 1480. The highest BCUT2D eigenvalue weighted by Gasteiger charge is 2.30. The number of benzene rings is 2. The van der Waals surface area contributed by atoms with E-state index in [1.165, 1.54) is 18.3 Å². The second-order valence-corrected chi connectivity index (χ2v) is 9.67. The SMILES string of the molecule is Cc1nn(C)cc1Nc1ncc(-c2ccc(C(F)(F)F)cc2)c(Oc2cccc(NC(=O)OC(C)(C)C)c2)n1. The summed E-state index contributed by atoms with van der Waals surface area (Å²) in [7, 11) is 1.78. The van der Waals surface area contributed by atoms with Crippen molar-refractivity contribution in [2.75, 3.05) is 10.6 Å². The lowest BCUT2D eigenvalue weighted by Crippen LogP contribution is -2.27. The predicted octanol–water partition coefficient (Wildman–Crippen LogP) is 7.09. The third-order valence-corrected chi connectivity index (χ3v) is 5.23. The molecule has 39 heavy (non-hydrogen) atoms. The van der Waals surface area contributed by atoms with Crippen LogP contribution in [0.15, 0.2) is 60.9 Å². The molecule has 12 heteroatoms. The number of nitrogens with zero attached hydrogens (tertiary/aromatic N) is 4. The van der Waals surface area contributed by atoms with Crippen LogP contribution < -0.4 is 15.4 Å². The fourth-order valence-electron chi connectivity index (χ4n) is 3.55. The second kappa shape index (κ2) is 10.6. The van der Waals surface area contributed by atoms with Crippen molar-refractivity contribution >= 4 is 23.4 Å². The van der Waals surface area contributed by atoms with Crippen molar-refractivity contribution in [1.29, 1.82) is 0 Å². The van der Waals surface area contributed by atoms with Gasteiger partial charge in [-0.1, -0.05) is 18.2 Å². The van der Waals surface area contributed by atoms with E-state index in [0.29, 0.717) is 28.3 Å². The van der Waals surface area contributed by atoms with Crippen LogP contribution in [-0.4, -0.2) is 31.4 Å². The molecule has 4 aromatic rings. The number of ether oxygens (including phenoxy) is 2. The maximum Gasteiger partial charge on any atom is 0.416 e. The van der Waals surface area contributed by atoms with Gasteiger partial charge in [0.05, 0.1) is 22.5 Å². The van der Waals surface area contributed by atoms with Gasteiger partial charge in [-0.15, -0.1) is 0 Å². The summed E-state index contributed by atoms with van der Waals surface area (Å²) >= 11 is 0. The summed E-state index contributed by atoms with van der Waals surface area (Å²) < 4.78 is 52.3. The van der Waals surface area contributed by atoms with Gasteiger partial charge >= 0.3 is 12.3 Å². The van der Waals surface area contributed by atoms with E-state index < -0.39 is 23.4 Å². The van der Waals surface area contributed by atoms with Crippen LogP contribution in [0.1, 0.15) is 32.0 Å². The molecule has 0 bridgehead atoms. The highest BCUT2D eigenvalue weighted by molar-refractivity contribution is 5.85. The average Bonchev–Trinajstić information content (AvgIpc) is 3.14. The van der Waals surface area contributed by atoms with Gasteiger partial charge in [0, 0.05) is 31.2 Å². The van der Waals surface area contributed by atoms with Gasteiger partial charge in [-0.25, -0.2) is 9.78 Å². The number of halogens is 3. The molecule has 0 radical (unpaired) electrons. The van der Waals surface area contributed by atoms with Crippen molar-refractivity contribution in [3.63, 3.8) is 0 Å². The average molecular weight is 541 g/mol. The number of aryl methyl sites for hydroxylation is 2. The zero-order valence-corrected chi connectivity index (χ0v) is 21.9. The van der Waals surface area contributed by atoms with Crippen LogP contribution in [0.2, 0.25) is 0 Å². The lowest BCUT2D eigenvalue weighted by Gasteiger charge is -2.19. The summed E-state index contributed by atoms with van der Waals surface area (Å²) in [4.78, 5) is 21.0. The number of aromatic nitrogens is 4. The maximum atomic E-state index is 13.1. The third kappa shape index (κ3) is 7.24. The largest absolute Gasteiger partial charge is 0.444 e. The first kappa shape index (κ1) is 27.4. The molecule has 2 heterocycles. The fraction of sp³-hybridized carbons (Fsp3) is 0.259. The first-order valence-electron chi connectivity index (χ1n) is 11.9. The second-order valence-electron chi connectivity index (χ2n) is 9.67. The fourth-order valence-corrected chi connectivity index (χ4v) is 3.55. The van der Waals surface area contributed by atoms with E-state index in [4.69, 9.17) is 9.47 Å². The van der Waals surface area contributed by atoms with Gasteiger partial charge in [0.1, 0.15) is 11.4 Å². The molecule has 0 spiro atoms. The maximum absolute atomic E-state index is 13.1. The summed E-state index contributed by atoms with van der Waals surface area (Å²) in [6, 6.07) is 11.2. The zero-order valence-electron chi connectivity index (χ0n) is 21.9. The molecule has 0 fully saturated rings. The minimum absolute atomic E-state index is 0.0863. The molecule has 2 N–H and O–H groups in total. The Kier molecular flexibility index (Phi) is 7.48. The summed E-state index contributed by atoms with van der Waals surface area (Å²) in [6.45, 7) is 7.08. The Labute approximate surface area is 223 Å². The Morgan fingerprint density at radius 2 is 1.77 bits per heavy atom. The number of alkyl halides is 3. The standard InChI is InChI=1S/C27H27F3N6O3/c1-16-22(15-36(5)35-16)33-24-31-14-21(17-9-11-18(12-10-17)27(28,29)30)23(34-24)38-20-8-6-7-19(13-20)32-25(37)39-26(2,3)4/h6-15H,1-5H3,(H,32,37)(H,31,33,34). The Morgan fingerprint density at radius 1 is 1.05 bits per heavy atom. The van der Waals surface area contributed by atoms with Crippen LogP contribution in [0.5, 0.6) is 11.6 Å². The monoisotopic (exact) mass is 540 g/mol. The quantitative estimate of drug-likeness (QED) is 0.269. The van der Waals surface area contributed by atoms with Gasteiger partial charge in [-0.3, -0.25) is 10.00 Å². The molecule has 0 aliphatic heterocycles. The molecule has 2 aromatic heterocycles. The van der Waals surface area contributed by atoms with E-state index in [9.17, 15) is 18.0 Å². The number of carbonyl (C=O) groups is 1. The van der Waals surface area contributed by atoms with Crippen molar-refractivity contribution in [3.8, 4) is 22.8 Å². The van der Waals surface area contributed by atoms with E-state index in [2.05, 4.69) is 25.7 Å². The predicted molar refractivity (Wildman–Crippen MR) is 140 cm³/mol. The van der Waals surface area contributed by atoms with Crippen LogP contribution >= 0.6 is 0 Å². The molecule has 0 atom stereocenters. The van der Waals surface area contributed by atoms with Gasteiger partial charge in [-0.05, 0) is 57.5 Å². The van der Waals surface area contributed by atoms with Crippen LogP contribution in [0, 0.1) is 6.92 Å². The molecule has 0 aliphatic carbocycles. The van der Waals surface area contributed by atoms with Gasteiger partial charge in [-0.2, -0.15) is 23.3 Å². The molecule has 0 aliphatic rings. The molecule has 9 nitrogen and oxygen atoms in total. The van der Waals surface area contributed by atoms with Gasteiger partial charge in [0.2, 0.25) is 11.8 Å². The number of rotatable bonds is 6. The Hall–Kier alpha value is -4.61. The molecular weight excluding hydrogens is 513 g/mol. The number of anilines is 3. The number of carbonyl (C=O) groups excluding carboxylic acids is 1. The molecular formula is C27H27F3N6O3. The molecule has 0 saturated carbocycles. The van der Waals surface area contributed by atoms with Crippen molar-refractivity contribution in [3.05, 3.63) is 72.2 Å². The smallest absolute Gasteiger partial charge is 0.416 e. The van der Waals surface area contributed by atoms with Crippen LogP contribution in [-0.2, 0) is 18.0 Å². The zero-order chi connectivity index (χ0) is 28.4. The topological polar surface area (TPSA) is 103 Å². The normalized spacial score (nSPS) is 11.7. The van der Waals surface area contributed by atoms with Crippen LogP contribution in [0.3, 0.4) is 0 Å². The number of hydrogen-bond donors (Lipinski definition) is 2. The summed E-state index contributed by atoms with van der Waals surface area (Å²) in [5.74, 6) is 0.599. The van der Waals surface area contributed by atoms with Gasteiger partial charge in [0.15, 0.2) is 0 Å². The molecule has 4 rings (SSSR count). The minimum atomic E-state index is -4.47. The highest BCUT2D eigenvalue weighted by atomic mass is 19.4. The minimum Gasteiger partial charge on any atom is -0.444 e. The van der Waals surface area contributed by atoms with Crippen molar-refractivity contribution in [2.24, 2.45) is 7.05 Å². The van der Waals surface area contributed by atoms with Gasteiger partial charge < -0.3 is 14.8 Å². The Morgan fingerprint density at radius 3 is 2.38 bits per heavy atom. The van der Waals surface area contributed by atoms with E-state index in [0.717, 1.165) is 17.8 Å². The number of nitrogens with one attached hydrogen (secondary N) is 2. The summed E-state index contributed by atoms with van der Waals surface area (Å²) in [5.41, 5.74) is 1.14. The first-order chi connectivity index (χ1) is 18.3. The molecule has 0 saturated heterocycles. The molecule has 1 amide bonds. The lowest BCUT2D eigenvalue weighted by molar-refractivity contribution is -0.137. The molecule has 204 valence electrons. The Balaban J connectivity index is 1.67. The number of hydrogen-bond acceptors (Lipinski definition) is 7. The first-order valence-corrected chi connectivity index (χ1v) is 11.9. The van der Waals surface area contributed by atoms with Crippen LogP contribution in [0.25, 0.3) is 11.1 Å². The number of amides is 1. The van der Waals surface area contributed by atoms with Gasteiger partial charge in [0.25, 0.3) is 0 Å².